The summed E-state index contributed by atoms with van der Waals surface area (Å²) in [7, 11) is 0. The minimum atomic E-state index is -0.0821. The number of carbonyl (C=O) groups excluding carboxylic acids is 1. The number of nitrogens with zero attached hydrogens (tertiary/aromatic N) is 2. The second-order valence-corrected chi connectivity index (χ2v) is 8.66. The molecule has 6 heteroatoms. The lowest BCUT2D eigenvalue weighted by Crippen LogP contribution is -2.31. The van der Waals surface area contributed by atoms with Crippen LogP contribution in [0.2, 0.25) is 0 Å². The van der Waals surface area contributed by atoms with Crippen molar-refractivity contribution in [2.75, 3.05) is 31.6 Å². The van der Waals surface area contributed by atoms with Crippen molar-refractivity contribution in [2.45, 2.75) is 35.7 Å². The van der Waals surface area contributed by atoms with Crippen LogP contribution in [0.5, 0.6) is 0 Å². The Kier molecular flexibility index (Phi) is 8.05. The van der Waals surface area contributed by atoms with E-state index in [4.69, 9.17) is 0 Å². The van der Waals surface area contributed by atoms with Gasteiger partial charge < -0.3 is 10.2 Å². The topological polar surface area (TPSA) is 45.2 Å². The Bertz CT molecular complexity index is 713. The van der Waals surface area contributed by atoms with E-state index in [1.807, 2.05) is 24.3 Å². The standard InChI is InChI=1S/C21H27N3OS2/c1-26-19-8-5-17(6-9-19)15-23-21(25)18-7-10-20(22-16-18)27-14-13-24-11-3-2-4-12-24/h5-10,16H,2-4,11-15H2,1H3,(H,23,25). The fraction of sp³-hybridized carbons (Fsp3) is 0.429. The van der Waals surface area contributed by atoms with E-state index >= 15 is 0 Å². The molecule has 0 saturated carbocycles. The number of hydrogen-bond acceptors (Lipinski definition) is 5. The van der Waals surface area contributed by atoms with E-state index in [9.17, 15) is 4.79 Å². The molecule has 0 bridgehead atoms. The van der Waals surface area contributed by atoms with Crippen LogP contribution in [0.25, 0.3) is 0 Å². The summed E-state index contributed by atoms with van der Waals surface area (Å²) in [4.78, 5) is 20.5. The van der Waals surface area contributed by atoms with E-state index in [-0.39, 0.29) is 5.91 Å². The minimum absolute atomic E-state index is 0.0821. The average Bonchev–Trinajstić information content (AvgIpc) is 2.73. The quantitative estimate of drug-likeness (QED) is 0.668. The van der Waals surface area contributed by atoms with Crippen molar-refractivity contribution < 1.29 is 4.79 Å². The summed E-state index contributed by atoms with van der Waals surface area (Å²) >= 11 is 3.47. The number of rotatable bonds is 8. The normalized spacial score (nSPS) is 14.9. The Morgan fingerprint density at radius 2 is 1.89 bits per heavy atom. The molecule has 1 N–H and O–H groups in total. The monoisotopic (exact) mass is 401 g/mol. The number of likely N-dealkylation sites (tertiary alicyclic amines) is 1. The maximum atomic E-state index is 12.3. The smallest absolute Gasteiger partial charge is 0.253 e. The highest BCUT2D eigenvalue weighted by molar-refractivity contribution is 7.99. The Labute approximate surface area is 170 Å². The third-order valence-electron chi connectivity index (χ3n) is 4.72. The Morgan fingerprint density at radius 3 is 2.56 bits per heavy atom. The van der Waals surface area contributed by atoms with Crippen LogP contribution in [0, 0.1) is 0 Å². The second-order valence-electron chi connectivity index (χ2n) is 6.67. The molecule has 2 heterocycles. The molecule has 0 aliphatic carbocycles. The highest BCUT2D eigenvalue weighted by atomic mass is 32.2. The Morgan fingerprint density at radius 1 is 1.11 bits per heavy atom. The number of pyridine rings is 1. The van der Waals surface area contributed by atoms with Crippen LogP contribution >= 0.6 is 23.5 Å². The number of amides is 1. The van der Waals surface area contributed by atoms with Crippen LogP contribution in [0.3, 0.4) is 0 Å². The molecule has 144 valence electrons. The molecule has 0 unspecified atom stereocenters. The molecular formula is C21H27N3OS2. The summed E-state index contributed by atoms with van der Waals surface area (Å²) in [5.41, 5.74) is 1.70. The van der Waals surface area contributed by atoms with Crippen LogP contribution in [0.4, 0.5) is 0 Å². The molecular weight excluding hydrogens is 374 g/mol. The van der Waals surface area contributed by atoms with Gasteiger partial charge in [0.25, 0.3) is 5.91 Å². The highest BCUT2D eigenvalue weighted by Crippen LogP contribution is 2.17. The zero-order valence-electron chi connectivity index (χ0n) is 15.8. The first-order valence-electron chi connectivity index (χ1n) is 9.47. The van der Waals surface area contributed by atoms with E-state index < -0.39 is 0 Å². The zero-order valence-corrected chi connectivity index (χ0v) is 17.5. The average molecular weight is 402 g/mol. The summed E-state index contributed by atoms with van der Waals surface area (Å²) in [6.07, 6.45) is 7.76. The summed E-state index contributed by atoms with van der Waals surface area (Å²) in [5.74, 6) is 0.964. The van der Waals surface area contributed by atoms with Gasteiger partial charge in [0.05, 0.1) is 10.6 Å². The number of hydrogen-bond donors (Lipinski definition) is 1. The minimum Gasteiger partial charge on any atom is -0.348 e. The van der Waals surface area contributed by atoms with Crippen molar-refractivity contribution in [1.29, 1.82) is 0 Å². The summed E-state index contributed by atoms with van der Waals surface area (Å²) in [5, 5.41) is 3.94. The highest BCUT2D eigenvalue weighted by Gasteiger charge is 2.10. The first-order chi connectivity index (χ1) is 13.2. The number of piperidine rings is 1. The van der Waals surface area contributed by atoms with E-state index in [1.165, 1.54) is 37.2 Å². The van der Waals surface area contributed by atoms with E-state index in [2.05, 4.69) is 33.6 Å². The van der Waals surface area contributed by atoms with E-state index in [1.54, 1.807) is 29.7 Å². The third kappa shape index (κ3) is 6.55. The molecule has 27 heavy (non-hydrogen) atoms. The number of thioether (sulfide) groups is 2. The fourth-order valence-corrected chi connectivity index (χ4v) is 4.35. The largest absolute Gasteiger partial charge is 0.348 e. The molecule has 1 fully saturated rings. The van der Waals surface area contributed by atoms with Crippen LogP contribution < -0.4 is 5.32 Å². The maximum absolute atomic E-state index is 12.3. The molecule has 0 radical (unpaired) electrons. The Hall–Kier alpha value is -1.50. The van der Waals surface area contributed by atoms with Crippen LogP contribution in [0.1, 0.15) is 35.2 Å². The van der Waals surface area contributed by atoms with Crippen molar-refractivity contribution in [3.05, 3.63) is 53.7 Å². The van der Waals surface area contributed by atoms with Gasteiger partial charge in [-0.05, 0) is 62.0 Å². The van der Waals surface area contributed by atoms with Gasteiger partial charge in [0.15, 0.2) is 0 Å². The SMILES string of the molecule is CSc1ccc(CNC(=O)c2ccc(SCCN3CCCCC3)nc2)cc1. The lowest BCUT2D eigenvalue weighted by atomic mass is 10.1. The number of aromatic nitrogens is 1. The second kappa shape index (κ2) is 10.7. The first-order valence-corrected chi connectivity index (χ1v) is 11.7. The number of benzene rings is 1. The van der Waals surface area contributed by atoms with Gasteiger partial charge in [0.1, 0.15) is 0 Å². The van der Waals surface area contributed by atoms with Crippen molar-refractivity contribution in [1.82, 2.24) is 15.2 Å². The van der Waals surface area contributed by atoms with Crippen molar-refractivity contribution in [3.63, 3.8) is 0 Å². The first kappa shape index (κ1) is 20.2. The van der Waals surface area contributed by atoms with Crippen LogP contribution in [0.15, 0.2) is 52.5 Å². The molecule has 1 aliphatic heterocycles. The number of nitrogens with one attached hydrogen (secondary N) is 1. The molecule has 3 rings (SSSR count). The summed E-state index contributed by atoms with van der Waals surface area (Å²) < 4.78 is 0. The van der Waals surface area contributed by atoms with Gasteiger partial charge in [-0.1, -0.05) is 18.6 Å². The van der Waals surface area contributed by atoms with Crippen molar-refractivity contribution in [2.24, 2.45) is 0 Å². The molecule has 1 aliphatic rings. The molecule has 0 spiro atoms. The van der Waals surface area contributed by atoms with Gasteiger partial charge in [-0.2, -0.15) is 0 Å². The lowest BCUT2D eigenvalue weighted by molar-refractivity contribution is 0.0950. The van der Waals surface area contributed by atoms with Gasteiger partial charge in [0, 0.05) is 29.9 Å². The Balaban J connectivity index is 1.42. The van der Waals surface area contributed by atoms with Gasteiger partial charge in [-0.3, -0.25) is 4.79 Å². The molecule has 1 amide bonds. The molecule has 2 aromatic rings. The maximum Gasteiger partial charge on any atom is 0.253 e. The van der Waals surface area contributed by atoms with E-state index in [0.717, 1.165) is 22.9 Å². The van der Waals surface area contributed by atoms with Crippen molar-refractivity contribution in [3.8, 4) is 0 Å². The molecule has 1 saturated heterocycles. The summed E-state index contributed by atoms with van der Waals surface area (Å²) in [6, 6.07) is 12.1. The van der Waals surface area contributed by atoms with Gasteiger partial charge in [-0.15, -0.1) is 23.5 Å². The number of carbonyl (C=O) groups is 1. The van der Waals surface area contributed by atoms with Gasteiger partial charge in [0.2, 0.25) is 0 Å². The van der Waals surface area contributed by atoms with Crippen molar-refractivity contribution >= 4 is 29.4 Å². The molecule has 1 aromatic heterocycles. The molecule has 4 nitrogen and oxygen atoms in total. The van der Waals surface area contributed by atoms with Crippen LogP contribution in [-0.4, -0.2) is 47.4 Å². The fourth-order valence-electron chi connectivity index (χ4n) is 3.09. The predicted molar refractivity (Wildman–Crippen MR) is 115 cm³/mol. The van der Waals surface area contributed by atoms with Crippen LogP contribution in [-0.2, 0) is 6.54 Å². The zero-order chi connectivity index (χ0) is 18.9. The summed E-state index contributed by atoms with van der Waals surface area (Å²) in [6.45, 7) is 4.10. The van der Waals surface area contributed by atoms with Gasteiger partial charge in [-0.25, -0.2) is 4.98 Å². The van der Waals surface area contributed by atoms with Gasteiger partial charge >= 0.3 is 0 Å². The molecule has 0 atom stereocenters. The molecule has 1 aromatic carbocycles. The third-order valence-corrected chi connectivity index (χ3v) is 6.38. The predicted octanol–water partition coefficient (Wildman–Crippen LogP) is 4.31. The lowest BCUT2D eigenvalue weighted by Gasteiger charge is -2.25. The van der Waals surface area contributed by atoms with E-state index in [0.29, 0.717) is 12.1 Å².